The van der Waals surface area contributed by atoms with E-state index in [-0.39, 0.29) is 11.8 Å². The van der Waals surface area contributed by atoms with Crippen LogP contribution in [0.2, 0.25) is 0 Å². The van der Waals surface area contributed by atoms with Gasteiger partial charge < -0.3 is 19.6 Å². The Morgan fingerprint density at radius 1 is 0.553 bits per heavy atom. The minimum Gasteiger partial charge on any atom is -0.343 e. The van der Waals surface area contributed by atoms with Gasteiger partial charge in [0.05, 0.1) is 11.8 Å². The summed E-state index contributed by atoms with van der Waals surface area (Å²) in [6.07, 6.45) is 17.9. The summed E-state index contributed by atoms with van der Waals surface area (Å²) >= 11 is 0. The SMILES string of the molecule is CCN(CC)C(=O)C1CCCN(CCCCCCCCCCCCN2CCCC(C(=O)N(CC)CC)C2)C1. The van der Waals surface area contributed by atoms with Gasteiger partial charge >= 0.3 is 0 Å². The maximum atomic E-state index is 12.7. The van der Waals surface area contributed by atoms with Crippen LogP contribution in [0.1, 0.15) is 118 Å². The fourth-order valence-corrected chi connectivity index (χ4v) is 6.59. The number of carbonyl (C=O) groups excluding carboxylic acids is 2. The number of carbonyl (C=O) groups is 2. The van der Waals surface area contributed by atoms with Crippen LogP contribution in [0.5, 0.6) is 0 Å². The van der Waals surface area contributed by atoms with E-state index < -0.39 is 0 Å². The Bertz CT molecular complexity index is 581. The zero-order valence-corrected chi connectivity index (χ0v) is 25.7. The molecule has 6 nitrogen and oxygen atoms in total. The van der Waals surface area contributed by atoms with Gasteiger partial charge in [0.15, 0.2) is 0 Å². The molecule has 38 heavy (non-hydrogen) atoms. The summed E-state index contributed by atoms with van der Waals surface area (Å²) in [5.74, 6) is 1.20. The van der Waals surface area contributed by atoms with Gasteiger partial charge in [-0.25, -0.2) is 0 Å². The molecule has 2 aliphatic heterocycles. The molecule has 2 aliphatic rings. The first-order valence-corrected chi connectivity index (χ1v) is 16.6. The second-order valence-electron chi connectivity index (χ2n) is 11.8. The van der Waals surface area contributed by atoms with E-state index in [0.717, 1.165) is 52.1 Å². The van der Waals surface area contributed by atoms with E-state index in [9.17, 15) is 9.59 Å². The normalized spacial score (nSPS) is 20.9. The number of piperidine rings is 2. The number of unbranched alkanes of at least 4 members (excludes halogenated alkanes) is 9. The molecule has 0 radical (unpaired) electrons. The second kappa shape index (κ2) is 19.8. The van der Waals surface area contributed by atoms with Crippen molar-refractivity contribution in [2.75, 3.05) is 65.4 Å². The van der Waals surface area contributed by atoms with Crippen LogP contribution in [0.3, 0.4) is 0 Å². The smallest absolute Gasteiger partial charge is 0.226 e. The third-order valence-corrected chi connectivity index (χ3v) is 9.06. The predicted molar refractivity (Wildman–Crippen MR) is 160 cm³/mol. The summed E-state index contributed by atoms with van der Waals surface area (Å²) in [7, 11) is 0. The highest BCUT2D eigenvalue weighted by Gasteiger charge is 2.29. The molecular weight excluding hydrogens is 472 g/mol. The Morgan fingerprint density at radius 2 is 0.868 bits per heavy atom. The van der Waals surface area contributed by atoms with E-state index in [4.69, 9.17) is 0 Å². The minimum absolute atomic E-state index is 0.224. The molecule has 0 bridgehead atoms. The molecule has 0 saturated carbocycles. The van der Waals surface area contributed by atoms with Gasteiger partial charge in [-0.15, -0.1) is 0 Å². The molecule has 2 fully saturated rings. The molecular formula is C32H62N4O2. The molecule has 222 valence electrons. The summed E-state index contributed by atoms with van der Waals surface area (Å²) in [4.78, 5) is 34.5. The van der Waals surface area contributed by atoms with E-state index in [1.54, 1.807) is 0 Å². The Balaban J connectivity index is 1.42. The molecule has 0 spiro atoms. The van der Waals surface area contributed by atoms with Gasteiger partial charge in [-0.2, -0.15) is 0 Å². The molecule has 2 atom stereocenters. The fourth-order valence-electron chi connectivity index (χ4n) is 6.59. The molecule has 0 aromatic rings. The molecule has 2 unspecified atom stereocenters. The Labute approximate surface area is 235 Å². The van der Waals surface area contributed by atoms with E-state index in [1.807, 2.05) is 9.80 Å². The van der Waals surface area contributed by atoms with Crippen LogP contribution in [-0.2, 0) is 9.59 Å². The van der Waals surface area contributed by atoms with Crippen molar-refractivity contribution in [2.24, 2.45) is 11.8 Å². The molecule has 2 heterocycles. The van der Waals surface area contributed by atoms with Gasteiger partial charge in [-0.3, -0.25) is 9.59 Å². The lowest BCUT2D eigenvalue weighted by molar-refractivity contribution is -0.137. The molecule has 2 rings (SSSR count). The van der Waals surface area contributed by atoms with Crippen LogP contribution >= 0.6 is 0 Å². The lowest BCUT2D eigenvalue weighted by Gasteiger charge is -2.34. The zero-order valence-electron chi connectivity index (χ0n) is 25.7. The third kappa shape index (κ3) is 11.9. The van der Waals surface area contributed by atoms with Gasteiger partial charge in [0, 0.05) is 39.3 Å². The minimum atomic E-state index is 0.224. The van der Waals surface area contributed by atoms with E-state index in [0.29, 0.717) is 11.8 Å². The first-order valence-electron chi connectivity index (χ1n) is 16.6. The van der Waals surface area contributed by atoms with Crippen molar-refractivity contribution in [1.29, 1.82) is 0 Å². The van der Waals surface area contributed by atoms with Gasteiger partial charge in [0.25, 0.3) is 0 Å². The topological polar surface area (TPSA) is 47.1 Å². The molecule has 0 aromatic heterocycles. The highest BCUT2D eigenvalue weighted by atomic mass is 16.2. The van der Waals surface area contributed by atoms with Crippen LogP contribution in [0, 0.1) is 11.8 Å². The van der Waals surface area contributed by atoms with E-state index >= 15 is 0 Å². The van der Waals surface area contributed by atoms with Crippen LogP contribution < -0.4 is 0 Å². The van der Waals surface area contributed by atoms with Crippen molar-refractivity contribution in [2.45, 2.75) is 118 Å². The summed E-state index contributed by atoms with van der Waals surface area (Å²) < 4.78 is 0. The quantitative estimate of drug-likeness (QED) is 0.189. The summed E-state index contributed by atoms with van der Waals surface area (Å²) in [5, 5.41) is 0. The fraction of sp³-hybridized carbons (Fsp3) is 0.938. The lowest BCUT2D eigenvalue weighted by Crippen LogP contribution is -2.45. The first kappa shape index (κ1) is 33.1. The van der Waals surface area contributed by atoms with Gasteiger partial charge in [0.1, 0.15) is 0 Å². The Morgan fingerprint density at radius 3 is 1.18 bits per heavy atom. The lowest BCUT2D eigenvalue weighted by atomic mass is 9.96. The van der Waals surface area contributed by atoms with Gasteiger partial charge in [-0.1, -0.05) is 51.4 Å². The molecule has 6 heteroatoms. The number of nitrogens with zero attached hydrogens (tertiary/aromatic N) is 4. The number of hydrogen-bond acceptors (Lipinski definition) is 4. The van der Waals surface area contributed by atoms with E-state index in [2.05, 4.69) is 37.5 Å². The van der Waals surface area contributed by atoms with Gasteiger partial charge in [0.2, 0.25) is 11.8 Å². The maximum absolute atomic E-state index is 12.7. The predicted octanol–water partition coefficient (Wildman–Crippen LogP) is 6.05. The molecule has 0 N–H and O–H groups in total. The molecule has 2 saturated heterocycles. The second-order valence-corrected chi connectivity index (χ2v) is 11.8. The van der Waals surface area contributed by atoms with Crippen molar-refractivity contribution in [3.05, 3.63) is 0 Å². The number of likely N-dealkylation sites (tertiary alicyclic amines) is 2. The highest BCUT2D eigenvalue weighted by Crippen LogP contribution is 2.21. The van der Waals surface area contributed by atoms with Crippen LogP contribution in [-0.4, -0.2) is 96.9 Å². The highest BCUT2D eigenvalue weighted by molar-refractivity contribution is 5.79. The average molecular weight is 535 g/mol. The van der Waals surface area contributed by atoms with Crippen molar-refractivity contribution in [3.63, 3.8) is 0 Å². The van der Waals surface area contributed by atoms with Crippen molar-refractivity contribution in [1.82, 2.24) is 19.6 Å². The molecule has 2 amide bonds. The first-order chi connectivity index (χ1) is 18.5. The monoisotopic (exact) mass is 534 g/mol. The van der Waals surface area contributed by atoms with E-state index in [1.165, 1.54) is 103 Å². The average Bonchev–Trinajstić information content (AvgIpc) is 2.95. The summed E-state index contributed by atoms with van der Waals surface area (Å²) in [6, 6.07) is 0. The van der Waals surface area contributed by atoms with Crippen LogP contribution in [0.15, 0.2) is 0 Å². The van der Waals surface area contributed by atoms with Crippen molar-refractivity contribution < 1.29 is 9.59 Å². The standard InChI is InChI=1S/C32H62N4O2/c1-5-35(6-2)31(37)29-21-19-25-33(27-29)23-17-15-13-11-9-10-12-14-16-18-24-34-26-20-22-30(28-34)32(38)36(7-3)8-4/h29-30H,5-28H2,1-4H3. The number of hydrogen-bond donors (Lipinski definition) is 0. The Kier molecular flexibility index (Phi) is 17.3. The van der Waals surface area contributed by atoms with Crippen LogP contribution in [0.25, 0.3) is 0 Å². The number of rotatable bonds is 19. The van der Waals surface area contributed by atoms with Crippen molar-refractivity contribution in [3.8, 4) is 0 Å². The number of amides is 2. The largest absolute Gasteiger partial charge is 0.343 e. The molecule has 0 aliphatic carbocycles. The van der Waals surface area contributed by atoms with Gasteiger partial charge in [-0.05, 0) is 92.4 Å². The molecule has 0 aromatic carbocycles. The van der Waals surface area contributed by atoms with Crippen LogP contribution in [0.4, 0.5) is 0 Å². The summed E-state index contributed by atoms with van der Waals surface area (Å²) in [6.45, 7) is 18.4. The van der Waals surface area contributed by atoms with Crippen molar-refractivity contribution >= 4 is 11.8 Å². The Hall–Kier alpha value is -1.14. The maximum Gasteiger partial charge on any atom is 0.226 e. The zero-order chi connectivity index (χ0) is 27.6. The summed E-state index contributed by atoms with van der Waals surface area (Å²) in [5.41, 5.74) is 0. The third-order valence-electron chi connectivity index (χ3n) is 9.06.